The summed E-state index contributed by atoms with van der Waals surface area (Å²) in [5.41, 5.74) is 3.57. The highest BCUT2D eigenvalue weighted by atomic mass is 15.3. The van der Waals surface area contributed by atoms with E-state index in [9.17, 15) is 0 Å². The lowest BCUT2D eigenvalue weighted by atomic mass is 10.1. The predicted octanol–water partition coefficient (Wildman–Crippen LogP) is 2.95. The predicted molar refractivity (Wildman–Crippen MR) is 80.0 cm³/mol. The van der Waals surface area contributed by atoms with Crippen molar-refractivity contribution in [3.05, 3.63) is 41.3 Å². The summed E-state index contributed by atoms with van der Waals surface area (Å²) in [6.45, 7) is 7.32. The minimum absolute atomic E-state index is 0.422. The van der Waals surface area contributed by atoms with Gasteiger partial charge in [-0.3, -0.25) is 0 Å². The molecule has 3 rings (SSSR count). The summed E-state index contributed by atoms with van der Waals surface area (Å²) < 4.78 is 1.86. The average molecular weight is 270 g/mol. The first-order valence-electron chi connectivity index (χ1n) is 7.37. The molecule has 1 aliphatic rings. The number of nitrogens with zero attached hydrogens (tertiary/aromatic N) is 3. The van der Waals surface area contributed by atoms with Gasteiger partial charge in [0.05, 0.1) is 6.20 Å². The number of hydrogen-bond donors (Lipinski definition) is 1. The zero-order chi connectivity index (χ0) is 14.1. The Morgan fingerprint density at radius 1 is 1.35 bits per heavy atom. The van der Waals surface area contributed by atoms with Crippen LogP contribution in [0.3, 0.4) is 0 Å². The van der Waals surface area contributed by atoms with E-state index < -0.39 is 0 Å². The van der Waals surface area contributed by atoms with Crippen molar-refractivity contribution in [1.29, 1.82) is 0 Å². The Morgan fingerprint density at radius 3 is 2.75 bits per heavy atom. The second-order valence-electron chi connectivity index (χ2n) is 6.03. The third-order valence-corrected chi connectivity index (χ3v) is 3.60. The highest BCUT2D eigenvalue weighted by molar-refractivity contribution is 5.32. The molecule has 4 nitrogen and oxygen atoms in total. The van der Waals surface area contributed by atoms with E-state index >= 15 is 0 Å². The van der Waals surface area contributed by atoms with Crippen molar-refractivity contribution in [2.75, 3.05) is 0 Å². The van der Waals surface area contributed by atoms with Gasteiger partial charge in [-0.15, -0.1) is 0 Å². The Bertz CT molecular complexity index is 596. The topological polar surface area (TPSA) is 42.7 Å². The second-order valence-corrected chi connectivity index (χ2v) is 6.03. The van der Waals surface area contributed by atoms with Gasteiger partial charge in [-0.25, -0.2) is 9.67 Å². The number of nitrogens with one attached hydrogen (secondary N) is 1. The van der Waals surface area contributed by atoms with Crippen molar-refractivity contribution < 1.29 is 0 Å². The first kappa shape index (κ1) is 13.3. The highest BCUT2D eigenvalue weighted by Gasteiger charge is 2.20. The van der Waals surface area contributed by atoms with Crippen molar-refractivity contribution >= 4 is 0 Å². The fourth-order valence-corrected chi connectivity index (χ4v) is 2.20. The van der Waals surface area contributed by atoms with Crippen LogP contribution in [0.2, 0.25) is 0 Å². The molecular weight excluding hydrogens is 248 g/mol. The van der Waals surface area contributed by atoms with E-state index in [0.717, 1.165) is 29.7 Å². The van der Waals surface area contributed by atoms with Crippen LogP contribution in [0, 0.1) is 6.92 Å². The van der Waals surface area contributed by atoms with E-state index in [1.54, 1.807) is 0 Å². The summed E-state index contributed by atoms with van der Waals surface area (Å²) in [5, 5.41) is 7.93. The van der Waals surface area contributed by atoms with E-state index in [1.807, 2.05) is 24.0 Å². The fourth-order valence-electron chi connectivity index (χ4n) is 2.20. The molecule has 0 unspecified atom stereocenters. The number of pyridine rings is 1. The fraction of sp³-hybridized carbons (Fsp3) is 0.500. The maximum atomic E-state index is 4.73. The van der Waals surface area contributed by atoms with Crippen LogP contribution in [-0.4, -0.2) is 20.8 Å². The van der Waals surface area contributed by atoms with Gasteiger partial charge in [0, 0.05) is 24.5 Å². The maximum absolute atomic E-state index is 4.73. The van der Waals surface area contributed by atoms with E-state index in [-0.39, 0.29) is 0 Å². The SMILES string of the molecule is Cc1cnn(-c2cc(CNC3CC3)cc(C(C)C)n2)c1. The lowest BCUT2D eigenvalue weighted by Crippen LogP contribution is -2.16. The van der Waals surface area contributed by atoms with Gasteiger partial charge in [0.2, 0.25) is 0 Å². The molecule has 1 saturated carbocycles. The molecule has 20 heavy (non-hydrogen) atoms. The zero-order valence-electron chi connectivity index (χ0n) is 12.4. The molecule has 1 fully saturated rings. The van der Waals surface area contributed by atoms with Crippen LogP contribution in [0.15, 0.2) is 24.5 Å². The molecule has 0 aliphatic heterocycles. The first-order chi connectivity index (χ1) is 9.61. The summed E-state index contributed by atoms with van der Waals surface area (Å²) in [4.78, 5) is 4.73. The second kappa shape index (κ2) is 5.37. The van der Waals surface area contributed by atoms with Gasteiger partial charge in [-0.2, -0.15) is 5.10 Å². The Morgan fingerprint density at radius 2 is 2.15 bits per heavy atom. The largest absolute Gasteiger partial charge is 0.310 e. The molecule has 0 amide bonds. The molecule has 2 aromatic rings. The minimum Gasteiger partial charge on any atom is -0.310 e. The van der Waals surface area contributed by atoms with E-state index in [4.69, 9.17) is 4.98 Å². The maximum Gasteiger partial charge on any atom is 0.153 e. The number of hydrogen-bond acceptors (Lipinski definition) is 3. The third-order valence-electron chi connectivity index (χ3n) is 3.60. The molecule has 0 saturated heterocycles. The quantitative estimate of drug-likeness (QED) is 0.908. The molecule has 4 heteroatoms. The van der Waals surface area contributed by atoms with Crippen LogP contribution in [0.1, 0.15) is 49.4 Å². The summed E-state index contributed by atoms with van der Waals surface area (Å²) >= 11 is 0. The number of aryl methyl sites for hydroxylation is 1. The van der Waals surface area contributed by atoms with Crippen molar-refractivity contribution in [2.45, 2.75) is 52.1 Å². The highest BCUT2D eigenvalue weighted by Crippen LogP contribution is 2.21. The third kappa shape index (κ3) is 3.07. The van der Waals surface area contributed by atoms with Crippen LogP contribution >= 0.6 is 0 Å². The normalized spacial score (nSPS) is 15.0. The van der Waals surface area contributed by atoms with Gasteiger partial charge in [-0.05, 0) is 48.9 Å². The van der Waals surface area contributed by atoms with Gasteiger partial charge in [0.15, 0.2) is 5.82 Å². The molecule has 0 spiro atoms. The smallest absolute Gasteiger partial charge is 0.153 e. The lowest BCUT2D eigenvalue weighted by Gasteiger charge is -2.11. The summed E-state index contributed by atoms with van der Waals surface area (Å²) in [6.07, 6.45) is 6.51. The van der Waals surface area contributed by atoms with Crippen molar-refractivity contribution in [1.82, 2.24) is 20.1 Å². The summed E-state index contributed by atoms with van der Waals surface area (Å²) in [7, 11) is 0. The van der Waals surface area contributed by atoms with Gasteiger partial charge in [0.25, 0.3) is 0 Å². The first-order valence-corrected chi connectivity index (χ1v) is 7.37. The van der Waals surface area contributed by atoms with E-state index in [1.165, 1.54) is 18.4 Å². The Kier molecular flexibility index (Phi) is 3.57. The van der Waals surface area contributed by atoms with E-state index in [0.29, 0.717) is 5.92 Å². The Hall–Kier alpha value is -1.68. The molecular formula is C16H22N4. The van der Waals surface area contributed by atoms with Gasteiger partial charge in [0.1, 0.15) is 0 Å². The summed E-state index contributed by atoms with van der Waals surface area (Å²) in [5.74, 6) is 1.34. The van der Waals surface area contributed by atoms with Crippen LogP contribution < -0.4 is 5.32 Å². The molecule has 0 bridgehead atoms. The van der Waals surface area contributed by atoms with Gasteiger partial charge in [-0.1, -0.05) is 13.8 Å². The van der Waals surface area contributed by atoms with E-state index in [2.05, 4.69) is 36.4 Å². The van der Waals surface area contributed by atoms with Crippen LogP contribution in [0.4, 0.5) is 0 Å². The van der Waals surface area contributed by atoms with Crippen molar-refractivity contribution in [2.24, 2.45) is 0 Å². The Labute approximate surface area is 120 Å². The summed E-state index contributed by atoms with van der Waals surface area (Å²) in [6, 6.07) is 5.06. The standard InChI is InChI=1S/C16H22N4/c1-11(2)15-6-13(9-17-14-4-5-14)7-16(19-15)20-10-12(3)8-18-20/h6-8,10-11,14,17H,4-5,9H2,1-3H3. The number of rotatable bonds is 5. The molecule has 0 atom stereocenters. The molecule has 0 radical (unpaired) electrons. The van der Waals surface area contributed by atoms with Crippen molar-refractivity contribution in [3.8, 4) is 5.82 Å². The molecule has 1 N–H and O–H groups in total. The molecule has 106 valence electrons. The molecule has 2 aromatic heterocycles. The Balaban J connectivity index is 1.90. The number of aromatic nitrogens is 3. The average Bonchev–Trinajstić information content (AvgIpc) is 3.16. The van der Waals surface area contributed by atoms with Crippen molar-refractivity contribution in [3.63, 3.8) is 0 Å². The molecule has 1 aliphatic carbocycles. The van der Waals surface area contributed by atoms with Gasteiger partial charge < -0.3 is 5.32 Å². The van der Waals surface area contributed by atoms with Crippen LogP contribution in [0.25, 0.3) is 5.82 Å². The zero-order valence-corrected chi connectivity index (χ0v) is 12.4. The lowest BCUT2D eigenvalue weighted by molar-refractivity contribution is 0.681. The van der Waals surface area contributed by atoms with Crippen LogP contribution in [0.5, 0.6) is 0 Å². The van der Waals surface area contributed by atoms with Gasteiger partial charge >= 0.3 is 0 Å². The molecule has 2 heterocycles. The molecule has 0 aromatic carbocycles. The monoisotopic (exact) mass is 270 g/mol. The van der Waals surface area contributed by atoms with Crippen LogP contribution in [-0.2, 0) is 6.54 Å². The minimum atomic E-state index is 0.422.